The maximum Gasteiger partial charge on any atom is 0.339 e. The number of methoxy groups -OCH3 is 1. The second kappa shape index (κ2) is 9.15. The molecule has 3 rings (SSSR count). The first-order valence-corrected chi connectivity index (χ1v) is 9.98. The number of benzene rings is 2. The van der Waals surface area contributed by atoms with Gasteiger partial charge in [0.25, 0.3) is 11.1 Å². The van der Waals surface area contributed by atoms with Crippen molar-refractivity contribution in [1.29, 1.82) is 0 Å². The van der Waals surface area contributed by atoms with Crippen LogP contribution in [0, 0.1) is 6.92 Å². The molecule has 1 saturated heterocycles. The number of anilines is 1. The number of carbonyl (C=O) groups excluding carboxylic acids is 4. The highest BCUT2D eigenvalue weighted by molar-refractivity contribution is 8.18. The molecule has 9 heteroatoms. The molecule has 0 atom stereocenters. The molecule has 30 heavy (non-hydrogen) atoms. The van der Waals surface area contributed by atoms with Crippen LogP contribution in [0.4, 0.5) is 10.5 Å². The van der Waals surface area contributed by atoms with Crippen molar-refractivity contribution in [2.24, 2.45) is 0 Å². The summed E-state index contributed by atoms with van der Waals surface area (Å²) in [6, 6.07) is 11.8. The fourth-order valence-corrected chi connectivity index (χ4v) is 3.76. The van der Waals surface area contributed by atoms with Crippen LogP contribution in [0.2, 0.25) is 5.02 Å². The van der Waals surface area contributed by atoms with Crippen LogP contribution in [0.25, 0.3) is 6.08 Å². The molecule has 1 fully saturated rings. The topological polar surface area (TPSA) is 92.8 Å². The minimum atomic E-state index is -0.650. The zero-order valence-electron chi connectivity index (χ0n) is 16.1. The molecule has 0 aliphatic carbocycles. The number of nitrogens with zero attached hydrogens (tertiary/aromatic N) is 1. The summed E-state index contributed by atoms with van der Waals surface area (Å²) in [5, 5.41) is 2.20. The van der Waals surface area contributed by atoms with Crippen LogP contribution in [0.1, 0.15) is 21.5 Å². The van der Waals surface area contributed by atoms with Gasteiger partial charge in [-0.1, -0.05) is 35.9 Å². The summed E-state index contributed by atoms with van der Waals surface area (Å²) in [6.45, 7) is 1.45. The number of halogens is 1. The van der Waals surface area contributed by atoms with E-state index in [1.807, 2.05) is 31.2 Å². The van der Waals surface area contributed by atoms with Gasteiger partial charge in [-0.25, -0.2) is 4.79 Å². The van der Waals surface area contributed by atoms with Crippen molar-refractivity contribution in [3.63, 3.8) is 0 Å². The number of amides is 3. The molecule has 0 spiro atoms. The van der Waals surface area contributed by atoms with Crippen molar-refractivity contribution in [2.75, 3.05) is 19.0 Å². The SMILES string of the molecule is COC(=O)c1cc(NC(=O)CN2C(=O)S/C(=C/c3ccccc3C)C2=O)ccc1Cl. The first-order chi connectivity index (χ1) is 14.3. The Balaban J connectivity index is 1.71. The highest BCUT2D eigenvalue weighted by Crippen LogP contribution is 2.32. The third-order valence-corrected chi connectivity index (χ3v) is 5.54. The molecule has 1 aliphatic heterocycles. The minimum Gasteiger partial charge on any atom is -0.465 e. The lowest BCUT2D eigenvalue weighted by Crippen LogP contribution is -2.36. The summed E-state index contributed by atoms with van der Waals surface area (Å²) in [6.07, 6.45) is 1.64. The molecule has 1 N–H and O–H groups in total. The number of imide groups is 1. The number of hydrogen-bond donors (Lipinski definition) is 1. The van der Waals surface area contributed by atoms with E-state index in [-0.39, 0.29) is 21.2 Å². The van der Waals surface area contributed by atoms with Crippen molar-refractivity contribution in [3.05, 3.63) is 69.1 Å². The largest absolute Gasteiger partial charge is 0.465 e. The summed E-state index contributed by atoms with van der Waals surface area (Å²) in [7, 11) is 1.22. The average molecular weight is 445 g/mol. The summed E-state index contributed by atoms with van der Waals surface area (Å²) in [5.74, 6) is -1.77. The molecule has 2 aromatic carbocycles. The van der Waals surface area contributed by atoms with Gasteiger partial charge in [-0.15, -0.1) is 0 Å². The Hall–Kier alpha value is -3.10. The Morgan fingerprint density at radius 3 is 2.63 bits per heavy atom. The molecule has 1 heterocycles. The maximum atomic E-state index is 12.6. The number of thioether (sulfide) groups is 1. The van der Waals surface area contributed by atoms with Gasteiger partial charge in [0.1, 0.15) is 6.54 Å². The van der Waals surface area contributed by atoms with Crippen molar-refractivity contribution in [3.8, 4) is 0 Å². The lowest BCUT2D eigenvalue weighted by Gasteiger charge is -2.13. The van der Waals surface area contributed by atoms with Crippen LogP contribution >= 0.6 is 23.4 Å². The van der Waals surface area contributed by atoms with Gasteiger partial charge >= 0.3 is 5.97 Å². The summed E-state index contributed by atoms with van der Waals surface area (Å²) >= 11 is 6.74. The van der Waals surface area contributed by atoms with Crippen LogP contribution in [0.15, 0.2) is 47.4 Å². The number of nitrogens with one attached hydrogen (secondary N) is 1. The lowest BCUT2D eigenvalue weighted by atomic mass is 10.1. The Labute approximate surface area is 182 Å². The number of carbonyl (C=O) groups is 4. The van der Waals surface area contributed by atoms with Crippen LogP contribution in [0.5, 0.6) is 0 Å². The number of rotatable bonds is 5. The van der Waals surface area contributed by atoms with E-state index in [0.29, 0.717) is 0 Å². The fourth-order valence-electron chi connectivity index (χ4n) is 2.74. The molecule has 7 nitrogen and oxygen atoms in total. The second-order valence-electron chi connectivity index (χ2n) is 6.36. The van der Waals surface area contributed by atoms with Crippen molar-refractivity contribution in [2.45, 2.75) is 6.92 Å². The predicted molar refractivity (Wildman–Crippen MR) is 115 cm³/mol. The maximum absolute atomic E-state index is 12.6. The predicted octanol–water partition coefficient (Wildman–Crippen LogP) is 4.11. The smallest absolute Gasteiger partial charge is 0.339 e. The summed E-state index contributed by atoms with van der Waals surface area (Å²) < 4.78 is 4.64. The number of aryl methyl sites for hydroxylation is 1. The number of ether oxygens (including phenoxy) is 1. The Kier molecular flexibility index (Phi) is 6.59. The van der Waals surface area contributed by atoms with Crippen LogP contribution in [-0.4, -0.2) is 41.6 Å². The highest BCUT2D eigenvalue weighted by Gasteiger charge is 2.36. The van der Waals surface area contributed by atoms with E-state index < -0.39 is 29.6 Å². The Morgan fingerprint density at radius 1 is 1.20 bits per heavy atom. The quantitative estimate of drug-likeness (QED) is 0.551. The van der Waals surface area contributed by atoms with E-state index in [4.69, 9.17) is 11.6 Å². The monoisotopic (exact) mass is 444 g/mol. The first kappa shape index (κ1) is 21.6. The Morgan fingerprint density at radius 2 is 1.93 bits per heavy atom. The first-order valence-electron chi connectivity index (χ1n) is 8.79. The van der Waals surface area contributed by atoms with Crippen molar-refractivity contribution in [1.82, 2.24) is 4.90 Å². The van der Waals surface area contributed by atoms with Gasteiger partial charge in [-0.3, -0.25) is 19.3 Å². The van der Waals surface area contributed by atoms with Crippen molar-refractivity contribution >= 4 is 58.1 Å². The van der Waals surface area contributed by atoms with Gasteiger partial charge in [0.2, 0.25) is 5.91 Å². The molecule has 1 aliphatic rings. The van der Waals surface area contributed by atoms with Gasteiger partial charge in [-0.2, -0.15) is 0 Å². The number of hydrogen-bond acceptors (Lipinski definition) is 6. The van der Waals surface area contributed by atoms with E-state index in [2.05, 4.69) is 10.1 Å². The van der Waals surface area contributed by atoms with Gasteiger partial charge < -0.3 is 10.1 Å². The van der Waals surface area contributed by atoms with Gasteiger partial charge in [0.15, 0.2) is 0 Å². The molecule has 0 aromatic heterocycles. The van der Waals surface area contributed by atoms with Gasteiger partial charge in [0, 0.05) is 5.69 Å². The normalized spacial score (nSPS) is 14.9. The summed E-state index contributed by atoms with van der Waals surface area (Å²) in [5.41, 5.74) is 2.16. The number of esters is 1. The molecular formula is C21H17ClN2O5S. The average Bonchev–Trinajstić information content (AvgIpc) is 2.98. The molecule has 154 valence electrons. The van der Waals surface area contributed by atoms with E-state index in [1.165, 1.54) is 25.3 Å². The van der Waals surface area contributed by atoms with E-state index in [1.54, 1.807) is 6.08 Å². The Bertz CT molecular complexity index is 1080. The fraction of sp³-hybridized carbons (Fsp3) is 0.143. The minimum absolute atomic E-state index is 0.0873. The summed E-state index contributed by atoms with van der Waals surface area (Å²) in [4.78, 5) is 50.1. The molecule has 2 aromatic rings. The molecular weight excluding hydrogens is 428 g/mol. The van der Waals surface area contributed by atoms with E-state index in [9.17, 15) is 19.2 Å². The van der Waals surface area contributed by atoms with Crippen LogP contribution in [0.3, 0.4) is 0 Å². The molecule has 3 amide bonds. The standard InChI is InChI=1S/C21H17ClN2O5S/c1-12-5-3-4-6-13(12)9-17-19(26)24(21(28)30-17)11-18(25)23-14-7-8-16(22)15(10-14)20(27)29-2/h3-10H,11H2,1-2H3,(H,23,25)/b17-9+. The third kappa shape index (κ3) is 4.72. The van der Waals surface area contributed by atoms with Crippen LogP contribution < -0.4 is 5.32 Å². The highest BCUT2D eigenvalue weighted by atomic mass is 35.5. The van der Waals surface area contributed by atoms with Gasteiger partial charge in [0.05, 0.1) is 22.6 Å². The van der Waals surface area contributed by atoms with Crippen molar-refractivity contribution < 1.29 is 23.9 Å². The second-order valence-corrected chi connectivity index (χ2v) is 7.76. The lowest BCUT2D eigenvalue weighted by molar-refractivity contribution is -0.127. The molecule has 0 radical (unpaired) electrons. The zero-order valence-corrected chi connectivity index (χ0v) is 17.7. The zero-order chi connectivity index (χ0) is 21.8. The van der Waals surface area contributed by atoms with E-state index >= 15 is 0 Å². The molecule has 0 bridgehead atoms. The molecule has 0 saturated carbocycles. The molecule has 0 unspecified atom stereocenters. The third-order valence-electron chi connectivity index (χ3n) is 4.31. The van der Waals surface area contributed by atoms with E-state index in [0.717, 1.165) is 27.8 Å². The van der Waals surface area contributed by atoms with Gasteiger partial charge in [-0.05, 0) is 54.1 Å². The van der Waals surface area contributed by atoms with Crippen LogP contribution in [-0.2, 0) is 14.3 Å².